The molecule has 0 bridgehead atoms. The van der Waals surface area contributed by atoms with Crippen molar-refractivity contribution in [1.29, 1.82) is 0 Å². The normalized spacial score (nSPS) is 10.8. The fourth-order valence-corrected chi connectivity index (χ4v) is 2.18. The fourth-order valence-electron chi connectivity index (χ4n) is 1.72. The molecular formula is C12H15BrN4. The van der Waals surface area contributed by atoms with E-state index in [-0.39, 0.29) is 0 Å². The van der Waals surface area contributed by atoms with E-state index in [1.165, 1.54) is 5.69 Å². The summed E-state index contributed by atoms with van der Waals surface area (Å²) in [7, 11) is 0. The molecule has 0 saturated heterocycles. The Hall–Kier alpha value is -1.23. The second-order valence-corrected chi connectivity index (χ2v) is 4.65. The first kappa shape index (κ1) is 12.2. The molecule has 0 radical (unpaired) electrons. The topological polar surface area (TPSA) is 43.6 Å². The second kappa shape index (κ2) is 4.96. The molecule has 2 heterocycles. The van der Waals surface area contributed by atoms with Crippen molar-refractivity contribution in [2.75, 3.05) is 0 Å². The van der Waals surface area contributed by atoms with Gasteiger partial charge in [-0.05, 0) is 41.8 Å². The second-order valence-electron chi connectivity index (χ2n) is 3.84. The van der Waals surface area contributed by atoms with Gasteiger partial charge >= 0.3 is 0 Å². The van der Waals surface area contributed by atoms with Crippen LogP contribution in [0.1, 0.15) is 31.1 Å². The number of halogens is 1. The molecule has 0 aliphatic rings. The summed E-state index contributed by atoms with van der Waals surface area (Å²) in [5, 5.41) is 4.56. The zero-order valence-electron chi connectivity index (χ0n) is 10.2. The lowest BCUT2D eigenvalue weighted by Crippen LogP contribution is -2.06. The van der Waals surface area contributed by atoms with Gasteiger partial charge in [-0.1, -0.05) is 13.8 Å². The highest BCUT2D eigenvalue weighted by atomic mass is 79.9. The minimum atomic E-state index is 0.741. The molecule has 0 unspecified atom stereocenters. The minimum Gasteiger partial charge on any atom is -0.226 e. The molecule has 0 fully saturated rings. The van der Waals surface area contributed by atoms with Gasteiger partial charge in [0.15, 0.2) is 5.82 Å². The van der Waals surface area contributed by atoms with Crippen LogP contribution in [0.25, 0.3) is 5.82 Å². The molecule has 5 heteroatoms. The summed E-state index contributed by atoms with van der Waals surface area (Å²) in [6.45, 7) is 6.10. The lowest BCUT2D eigenvalue weighted by Gasteiger charge is -2.05. The number of hydrogen-bond donors (Lipinski definition) is 0. The Morgan fingerprint density at radius 3 is 2.53 bits per heavy atom. The maximum Gasteiger partial charge on any atom is 0.158 e. The van der Waals surface area contributed by atoms with E-state index in [0.29, 0.717) is 0 Å². The lowest BCUT2D eigenvalue weighted by molar-refractivity contribution is 0.761. The summed E-state index contributed by atoms with van der Waals surface area (Å²) >= 11 is 3.39. The van der Waals surface area contributed by atoms with E-state index < -0.39 is 0 Å². The van der Waals surface area contributed by atoms with Crippen LogP contribution in [0.3, 0.4) is 0 Å². The van der Waals surface area contributed by atoms with Crippen LogP contribution in [0, 0.1) is 6.92 Å². The number of rotatable bonds is 3. The average Bonchev–Trinajstić information content (AvgIpc) is 2.70. The Bertz CT molecular complexity index is 513. The van der Waals surface area contributed by atoms with Crippen molar-refractivity contribution < 1.29 is 0 Å². The molecule has 0 amide bonds. The first-order valence-electron chi connectivity index (χ1n) is 5.73. The number of hydrogen-bond acceptors (Lipinski definition) is 3. The van der Waals surface area contributed by atoms with Gasteiger partial charge in [-0.25, -0.2) is 14.6 Å². The molecule has 4 nitrogen and oxygen atoms in total. The zero-order valence-corrected chi connectivity index (χ0v) is 11.8. The van der Waals surface area contributed by atoms with Crippen molar-refractivity contribution in [3.8, 4) is 5.82 Å². The standard InChI is InChI=1S/C12H15BrN4/c1-4-9-6-10(5-2)17(16-9)12-7-11(13)14-8(3)15-12/h6-7H,4-5H2,1-3H3. The van der Waals surface area contributed by atoms with Gasteiger partial charge in [-0.2, -0.15) is 5.10 Å². The van der Waals surface area contributed by atoms with Crippen molar-refractivity contribution in [3.63, 3.8) is 0 Å². The van der Waals surface area contributed by atoms with Crippen LogP contribution in [-0.2, 0) is 12.8 Å². The zero-order chi connectivity index (χ0) is 12.4. The molecule has 2 aromatic heterocycles. The molecule has 0 N–H and O–H groups in total. The average molecular weight is 295 g/mol. The number of aryl methyl sites for hydroxylation is 3. The van der Waals surface area contributed by atoms with Crippen LogP contribution >= 0.6 is 15.9 Å². The van der Waals surface area contributed by atoms with Crippen molar-refractivity contribution in [2.24, 2.45) is 0 Å². The molecule has 0 aliphatic carbocycles. The van der Waals surface area contributed by atoms with Crippen LogP contribution in [0.4, 0.5) is 0 Å². The van der Waals surface area contributed by atoms with Crippen LogP contribution in [-0.4, -0.2) is 19.7 Å². The highest BCUT2D eigenvalue weighted by Gasteiger charge is 2.09. The van der Waals surface area contributed by atoms with E-state index in [4.69, 9.17) is 0 Å². The summed E-state index contributed by atoms with van der Waals surface area (Å²) < 4.78 is 2.69. The predicted octanol–water partition coefficient (Wildman–Crippen LogP) is 2.86. The van der Waals surface area contributed by atoms with E-state index in [1.807, 2.05) is 17.7 Å². The number of nitrogens with zero attached hydrogens (tertiary/aromatic N) is 4. The Morgan fingerprint density at radius 1 is 1.18 bits per heavy atom. The van der Waals surface area contributed by atoms with E-state index in [2.05, 4.69) is 50.9 Å². The highest BCUT2D eigenvalue weighted by molar-refractivity contribution is 9.10. The van der Waals surface area contributed by atoms with E-state index >= 15 is 0 Å². The predicted molar refractivity (Wildman–Crippen MR) is 70.3 cm³/mol. The summed E-state index contributed by atoms with van der Waals surface area (Å²) in [5.41, 5.74) is 2.26. The largest absolute Gasteiger partial charge is 0.226 e. The summed E-state index contributed by atoms with van der Waals surface area (Å²) in [6.07, 6.45) is 1.87. The summed E-state index contributed by atoms with van der Waals surface area (Å²) in [5.74, 6) is 1.56. The molecular weight excluding hydrogens is 280 g/mol. The molecule has 17 heavy (non-hydrogen) atoms. The molecule has 0 atom stereocenters. The quantitative estimate of drug-likeness (QED) is 0.818. The van der Waals surface area contributed by atoms with Gasteiger partial charge < -0.3 is 0 Å². The smallest absolute Gasteiger partial charge is 0.158 e. The van der Waals surface area contributed by atoms with Gasteiger partial charge in [-0.3, -0.25) is 0 Å². The Labute approximate surface area is 109 Å². The third-order valence-corrected chi connectivity index (χ3v) is 2.97. The van der Waals surface area contributed by atoms with E-state index in [9.17, 15) is 0 Å². The fraction of sp³-hybridized carbons (Fsp3) is 0.417. The van der Waals surface area contributed by atoms with Crippen LogP contribution in [0.5, 0.6) is 0 Å². The first-order chi connectivity index (χ1) is 8.13. The van der Waals surface area contributed by atoms with Gasteiger partial charge in [-0.15, -0.1) is 0 Å². The maximum atomic E-state index is 4.56. The molecule has 2 rings (SSSR count). The van der Waals surface area contributed by atoms with Crippen molar-refractivity contribution in [2.45, 2.75) is 33.6 Å². The van der Waals surface area contributed by atoms with E-state index in [0.717, 1.165) is 34.8 Å². The SMILES string of the molecule is CCc1cc(CC)n(-c2cc(Br)nc(C)n2)n1. The monoisotopic (exact) mass is 294 g/mol. The lowest BCUT2D eigenvalue weighted by atomic mass is 10.2. The first-order valence-corrected chi connectivity index (χ1v) is 6.52. The molecule has 0 aliphatic heterocycles. The summed E-state index contributed by atoms with van der Waals surface area (Å²) in [6, 6.07) is 4.02. The van der Waals surface area contributed by atoms with Gasteiger partial charge in [0.1, 0.15) is 10.4 Å². The van der Waals surface area contributed by atoms with Crippen molar-refractivity contribution in [3.05, 3.63) is 33.9 Å². The third kappa shape index (κ3) is 2.54. The number of aromatic nitrogens is 4. The Kier molecular flexibility index (Phi) is 3.57. The van der Waals surface area contributed by atoms with Gasteiger partial charge in [0.2, 0.25) is 0 Å². The molecule has 0 spiro atoms. The maximum absolute atomic E-state index is 4.56. The van der Waals surface area contributed by atoms with Crippen LogP contribution < -0.4 is 0 Å². The Morgan fingerprint density at radius 2 is 1.94 bits per heavy atom. The van der Waals surface area contributed by atoms with Gasteiger partial charge in [0.25, 0.3) is 0 Å². The third-order valence-electron chi connectivity index (χ3n) is 2.57. The highest BCUT2D eigenvalue weighted by Crippen LogP contribution is 2.15. The van der Waals surface area contributed by atoms with E-state index in [1.54, 1.807) is 0 Å². The van der Waals surface area contributed by atoms with Gasteiger partial charge in [0, 0.05) is 11.8 Å². The summed E-state index contributed by atoms with van der Waals surface area (Å²) in [4.78, 5) is 8.63. The van der Waals surface area contributed by atoms with Crippen molar-refractivity contribution in [1.82, 2.24) is 19.7 Å². The van der Waals surface area contributed by atoms with Crippen LogP contribution in [0.15, 0.2) is 16.7 Å². The minimum absolute atomic E-state index is 0.741. The molecule has 90 valence electrons. The Balaban J connectivity index is 2.54. The van der Waals surface area contributed by atoms with Crippen molar-refractivity contribution >= 4 is 15.9 Å². The van der Waals surface area contributed by atoms with Crippen LogP contribution in [0.2, 0.25) is 0 Å². The molecule has 0 saturated carbocycles. The molecule has 2 aromatic rings. The van der Waals surface area contributed by atoms with Gasteiger partial charge in [0.05, 0.1) is 5.69 Å². The molecule has 0 aromatic carbocycles.